The largest absolute Gasteiger partial charge is 0.352 e. The molecule has 0 atom stereocenters. The van der Waals surface area contributed by atoms with E-state index in [1.807, 2.05) is 30.3 Å². The molecule has 1 spiro atoms. The summed E-state index contributed by atoms with van der Waals surface area (Å²) in [6.07, 6.45) is 3.63. The van der Waals surface area contributed by atoms with Gasteiger partial charge in [-0.25, -0.2) is 4.79 Å². The van der Waals surface area contributed by atoms with Gasteiger partial charge in [-0.2, -0.15) is 0 Å². The van der Waals surface area contributed by atoms with Gasteiger partial charge in [0.25, 0.3) is 11.8 Å². The van der Waals surface area contributed by atoms with Crippen molar-refractivity contribution in [1.29, 1.82) is 0 Å². The highest BCUT2D eigenvalue weighted by Gasteiger charge is 2.52. The summed E-state index contributed by atoms with van der Waals surface area (Å²) >= 11 is 0. The van der Waals surface area contributed by atoms with Gasteiger partial charge in [-0.05, 0) is 37.0 Å². The molecule has 166 valence electrons. The Morgan fingerprint density at radius 2 is 1.66 bits per heavy atom. The predicted octanol–water partition coefficient (Wildman–Crippen LogP) is 2.46. The van der Waals surface area contributed by atoms with E-state index in [0.717, 1.165) is 23.3 Å². The molecule has 32 heavy (non-hydrogen) atoms. The number of carbonyl (C=O) groups excluding carboxylic acids is 4. The third-order valence-corrected chi connectivity index (χ3v) is 5.99. The van der Waals surface area contributed by atoms with E-state index < -0.39 is 24.0 Å². The summed E-state index contributed by atoms with van der Waals surface area (Å²) in [5.41, 5.74) is 0.909. The molecule has 4 rings (SSSR count). The Kier molecular flexibility index (Phi) is 6.20. The lowest BCUT2D eigenvalue weighted by molar-refractivity contribution is -0.133. The quantitative estimate of drug-likeness (QED) is 0.582. The van der Waals surface area contributed by atoms with Gasteiger partial charge in [0.05, 0.1) is 11.3 Å². The molecule has 3 N–H and O–H groups in total. The normalized spacial score (nSPS) is 16.8. The van der Waals surface area contributed by atoms with E-state index >= 15 is 0 Å². The van der Waals surface area contributed by atoms with E-state index in [1.54, 1.807) is 24.3 Å². The maximum Gasteiger partial charge on any atom is 0.325 e. The summed E-state index contributed by atoms with van der Waals surface area (Å²) < 4.78 is 0. The first kappa shape index (κ1) is 21.5. The minimum absolute atomic E-state index is 0.309. The molecular weight excluding hydrogens is 408 g/mol. The molecule has 2 aliphatic rings. The number of anilines is 1. The van der Waals surface area contributed by atoms with Gasteiger partial charge in [-0.15, -0.1) is 0 Å². The molecule has 0 aromatic heterocycles. The lowest BCUT2D eigenvalue weighted by Gasteiger charge is -2.20. The van der Waals surface area contributed by atoms with E-state index in [2.05, 4.69) is 16.0 Å². The molecular formula is C24H26N4O4. The zero-order valence-electron chi connectivity index (χ0n) is 17.7. The fourth-order valence-corrected chi connectivity index (χ4v) is 4.32. The van der Waals surface area contributed by atoms with Crippen molar-refractivity contribution in [2.75, 3.05) is 18.4 Å². The Morgan fingerprint density at radius 1 is 0.969 bits per heavy atom. The van der Waals surface area contributed by atoms with Crippen LogP contribution >= 0.6 is 0 Å². The zero-order valence-corrected chi connectivity index (χ0v) is 17.7. The molecule has 1 aliphatic carbocycles. The average Bonchev–Trinajstić information content (AvgIpc) is 3.35. The Labute approximate surface area is 186 Å². The fourth-order valence-electron chi connectivity index (χ4n) is 4.32. The molecule has 8 heteroatoms. The number of carbonyl (C=O) groups is 4. The average molecular weight is 434 g/mol. The minimum atomic E-state index is -0.853. The van der Waals surface area contributed by atoms with Gasteiger partial charge in [-0.1, -0.05) is 55.3 Å². The number of para-hydroxylation sites is 1. The number of amides is 5. The van der Waals surface area contributed by atoms with Gasteiger partial charge in [0.15, 0.2) is 0 Å². The topological polar surface area (TPSA) is 108 Å². The molecule has 8 nitrogen and oxygen atoms in total. The third-order valence-electron chi connectivity index (χ3n) is 5.99. The molecule has 0 bridgehead atoms. The molecule has 1 heterocycles. The van der Waals surface area contributed by atoms with Crippen LogP contribution in [0.15, 0.2) is 54.6 Å². The van der Waals surface area contributed by atoms with E-state index in [4.69, 9.17) is 0 Å². The van der Waals surface area contributed by atoms with Crippen molar-refractivity contribution in [3.63, 3.8) is 0 Å². The van der Waals surface area contributed by atoms with Crippen molar-refractivity contribution < 1.29 is 19.2 Å². The van der Waals surface area contributed by atoms with Gasteiger partial charge >= 0.3 is 6.03 Å². The van der Waals surface area contributed by atoms with Crippen LogP contribution in [0.1, 0.15) is 41.6 Å². The number of nitrogens with zero attached hydrogens (tertiary/aromatic N) is 1. The molecule has 1 aliphatic heterocycles. The molecule has 2 aromatic rings. The van der Waals surface area contributed by atoms with Crippen LogP contribution in [0.3, 0.4) is 0 Å². The lowest BCUT2D eigenvalue weighted by Crippen LogP contribution is -2.44. The van der Waals surface area contributed by atoms with Crippen LogP contribution in [-0.4, -0.2) is 47.3 Å². The van der Waals surface area contributed by atoms with Crippen LogP contribution in [-0.2, 0) is 16.0 Å². The number of hydrogen-bond acceptors (Lipinski definition) is 4. The van der Waals surface area contributed by atoms with Gasteiger partial charge < -0.3 is 16.0 Å². The first-order valence-corrected chi connectivity index (χ1v) is 10.8. The number of urea groups is 1. The van der Waals surface area contributed by atoms with Crippen LogP contribution in [0.25, 0.3) is 0 Å². The van der Waals surface area contributed by atoms with Crippen molar-refractivity contribution in [1.82, 2.24) is 15.5 Å². The summed E-state index contributed by atoms with van der Waals surface area (Å²) in [5.74, 6) is -1.19. The summed E-state index contributed by atoms with van der Waals surface area (Å²) in [5, 5.41) is 8.29. The number of imide groups is 1. The molecule has 0 radical (unpaired) electrons. The molecule has 2 aromatic carbocycles. The predicted molar refractivity (Wildman–Crippen MR) is 119 cm³/mol. The monoisotopic (exact) mass is 434 g/mol. The second-order valence-electron chi connectivity index (χ2n) is 8.20. The highest BCUT2D eigenvalue weighted by atomic mass is 16.2. The lowest BCUT2D eigenvalue weighted by atomic mass is 9.98. The van der Waals surface area contributed by atoms with Gasteiger partial charge in [0, 0.05) is 6.54 Å². The zero-order chi connectivity index (χ0) is 22.6. The fraction of sp³-hybridized carbons (Fsp3) is 0.333. The Hall–Kier alpha value is -3.68. The maximum absolute atomic E-state index is 12.7. The number of hydrogen-bond donors (Lipinski definition) is 3. The van der Waals surface area contributed by atoms with Crippen molar-refractivity contribution in [3.05, 3.63) is 65.7 Å². The first-order chi connectivity index (χ1) is 15.5. The van der Waals surface area contributed by atoms with Crippen LogP contribution < -0.4 is 16.0 Å². The van der Waals surface area contributed by atoms with Crippen LogP contribution in [0.4, 0.5) is 10.5 Å². The van der Waals surface area contributed by atoms with E-state index in [9.17, 15) is 19.2 Å². The van der Waals surface area contributed by atoms with Crippen LogP contribution in [0, 0.1) is 0 Å². The van der Waals surface area contributed by atoms with Gasteiger partial charge in [0.2, 0.25) is 5.91 Å². The van der Waals surface area contributed by atoms with E-state index in [-0.39, 0.29) is 11.8 Å². The van der Waals surface area contributed by atoms with E-state index in [1.165, 1.54) is 0 Å². The maximum atomic E-state index is 12.7. The van der Waals surface area contributed by atoms with Crippen molar-refractivity contribution in [3.8, 4) is 0 Å². The molecule has 2 fully saturated rings. The second kappa shape index (κ2) is 9.21. The van der Waals surface area contributed by atoms with Gasteiger partial charge in [-0.3, -0.25) is 19.3 Å². The second-order valence-corrected chi connectivity index (χ2v) is 8.20. The summed E-state index contributed by atoms with van der Waals surface area (Å²) in [4.78, 5) is 51.3. The minimum Gasteiger partial charge on any atom is -0.352 e. The molecule has 0 unspecified atom stereocenters. The highest BCUT2D eigenvalue weighted by Crippen LogP contribution is 2.34. The summed E-state index contributed by atoms with van der Waals surface area (Å²) in [6.45, 7) is 0.0615. The standard InChI is InChI=1S/C24H26N4O4/c29-20(16-28-22(31)24(27-23(28)32)13-6-7-14-24)26-19-11-5-4-10-18(19)21(30)25-15-12-17-8-2-1-3-9-17/h1-5,8-11H,6-7,12-16H2,(H,25,30)(H,26,29)(H,27,32). The molecule has 5 amide bonds. The number of benzene rings is 2. The molecule has 1 saturated carbocycles. The summed E-state index contributed by atoms with van der Waals surface area (Å²) in [6, 6.07) is 15.9. The number of nitrogens with one attached hydrogen (secondary N) is 3. The third kappa shape index (κ3) is 4.49. The smallest absolute Gasteiger partial charge is 0.325 e. The van der Waals surface area contributed by atoms with Crippen molar-refractivity contribution in [2.24, 2.45) is 0 Å². The Bertz CT molecular complexity index is 1030. The van der Waals surface area contributed by atoms with Crippen LogP contribution in [0.5, 0.6) is 0 Å². The summed E-state index contributed by atoms with van der Waals surface area (Å²) in [7, 11) is 0. The SMILES string of the molecule is O=C(CN1C(=O)NC2(CCCC2)C1=O)Nc1ccccc1C(=O)NCCc1ccccc1. The van der Waals surface area contributed by atoms with Gasteiger partial charge in [0.1, 0.15) is 12.1 Å². The number of rotatable bonds is 7. The van der Waals surface area contributed by atoms with Crippen molar-refractivity contribution >= 4 is 29.4 Å². The van der Waals surface area contributed by atoms with E-state index in [0.29, 0.717) is 37.1 Å². The van der Waals surface area contributed by atoms with Crippen molar-refractivity contribution in [2.45, 2.75) is 37.6 Å². The highest BCUT2D eigenvalue weighted by molar-refractivity contribution is 6.11. The van der Waals surface area contributed by atoms with Crippen LogP contribution in [0.2, 0.25) is 0 Å². The Balaban J connectivity index is 1.36. The first-order valence-electron chi connectivity index (χ1n) is 10.8. The molecule has 1 saturated heterocycles. The Morgan fingerprint density at radius 3 is 2.41 bits per heavy atom.